The Morgan fingerprint density at radius 3 is 2.56 bits per heavy atom. The summed E-state index contributed by atoms with van der Waals surface area (Å²) in [5.41, 5.74) is 1.66. The molecule has 0 saturated heterocycles. The van der Waals surface area contributed by atoms with Crippen LogP contribution >= 0.6 is 15.9 Å². The highest BCUT2D eigenvalue weighted by Gasteiger charge is 2.13. The normalized spacial score (nSPS) is 9.69. The minimum absolute atomic E-state index is 0.432. The van der Waals surface area contributed by atoms with Crippen molar-refractivity contribution in [2.75, 3.05) is 11.9 Å². The van der Waals surface area contributed by atoms with Gasteiger partial charge in [0, 0.05) is 11.0 Å². The van der Waals surface area contributed by atoms with E-state index in [0.29, 0.717) is 12.2 Å². The molecule has 0 bridgehead atoms. The molecular formula is C11H13BrN2O2. The molecule has 0 aliphatic heterocycles. The van der Waals surface area contributed by atoms with Crippen LogP contribution in [0.2, 0.25) is 0 Å². The molecule has 0 aromatic heterocycles. The first-order chi connectivity index (χ1) is 7.54. The van der Waals surface area contributed by atoms with Gasteiger partial charge in [0.25, 0.3) is 0 Å². The van der Waals surface area contributed by atoms with Crippen LogP contribution in [0.25, 0.3) is 0 Å². The molecule has 0 atom stereocenters. The molecule has 0 aliphatic rings. The molecule has 5 heteroatoms. The zero-order valence-electron chi connectivity index (χ0n) is 9.13. The first-order valence-electron chi connectivity index (χ1n) is 4.90. The van der Waals surface area contributed by atoms with Crippen LogP contribution in [0.15, 0.2) is 22.7 Å². The van der Waals surface area contributed by atoms with Crippen molar-refractivity contribution in [3.63, 3.8) is 0 Å². The van der Waals surface area contributed by atoms with Gasteiger partial charge in [0.15, 0.2) is 0 Å². The summed E-state index contributed by atoms with van der Waals surface area (Å²) in [4.78, 5) is 22.6. The standard InChI is InChI=1S/C11H13BrN2O2/c1-3-13-10(15)11(16)14-9-5-4-7(2)6-8(9)12/h4-6H,3H2,1-2H3,(H,13,15)(H,14,16). The Kier molecular flexibility index (Phi) is 4.49. The third-order valence-electron chi connectivity index (χ3n) is 1.92. The summed E-state index contributed by atoms with van der Waals surface area (Å²) in [5.74, 6) is -1.29. The number of carbonyl (C=O) groups excluding carboxylic acids is 2. The molecule has 0 fully saturated rings. The largest absolute Gasteiger partial charge is 0.348 e. The number of halogens is 1. The molecule has 2 N–H and O–H groups in total. The van der Waals surface area contributed by atoms with E-state index < -0.39 is 11.8 Å². The minimum Gasteiger partial charge on any atom is -0.348 e. The molecule has 1 aromatic rings. The lowest BCUT2D eigenvalue weighted by atomic mass is 10.2. The Labute approximate surface area is 103 Å². The van der Waals surface area contributed by atoms with E-state index in [-0.39, 0.29) is 0 Å². The van der Waals surface area contributed by atoms with Gasteiger partial charge in [-0.05, 0) is 47.5 Å². The van der Waals surface area contributed by atoms with Crippen LogP contribution in [0.3, 0.4) is 0 Å². The van der Waals surface area contributed by atoms with Gasteiger partial charge in [0.05, 0.1) is 5.69 Å². The number of rotatable bonds is 2. The molecule has 4 nitrogen and oxygen atoms in total. The molecule has 0 saturated carbocycles. The fourth-order valence-electron chi connectivity index (χ4n) is 1.14. The maximum absolute atomic E-state index is 11.4. The van der Waals surface area contributed by atoms with Crippen LogP contribution in [-0.4, -0.2) is 18.4 Å². The molecule has 1 rings (SSSR count). The van der Waals surface area contributed by atoms with E-state index >= 15 is 0 Å². The Morgan fingerprint density at radius 2 is 2.00 bits per heavy atom. The predicted molar refractivity (Wildman–Crippen MR) is 66.2 cm³/mol. The van der Waals surface area contributed by atoms with E-state index in [4.69, 9.17) is 0 Å². The highest BCUT2D eigenvalue weighted by atomic mass is 79.9. The number of likely N-dealkylation sites (N-methyl/N-ethyl adjacent to an activating group) is 1. The van der Waals surface area contributed by atoms with Crippen molar-refractivity contribution >= 4 is 33.4 Å². The van der Waals surface area contributed by atoms with Gasteiger partial charge in [-0.2, -0.15) is 0 Å². The molecule has 0 aliphatic carbocycles. The topological polar surface area (TPSA) is 58.2 Å². The molecule has 0 spiro atoms. The van der Waals surface area contributed by atoms with Gasteiger partial charge in [0.1, 0.15) is 0 Å². The van der Waals surface area contributed by atoms with Gasteiger partial charge in [0.2, 0.25) is 0 Å². The summed E-state index contributed by atoms with van der Waals surface area (Å²) in [7, 11) is 0. The molecule has 2 amide bonds. The lowest BCUT2D eigenvalue weighted by molar-refractivity contribution is -0.136. The van der Waals surface area contributed by atoms with Crippen molar-refractivity contribution in [3.05, 3.63) is 28.2 Å². The number of aryl methyl sites for hydroxylation is 1. The second kappa shape index (κ2) is 5.65. The average molecular weight is 285 g/mol. The molecule has 0 heterocycles. The Balaban J connectivity index is 2.73. The van der Waals surface area contributed by atoms with E-state index in [2.05, 4.69) is 26.6 Å². The van der Waals surface area contributed by atoms with E-state index in [1.54, 1.807) is 13.0 Å². The molecule has 1 aromatic carbocycles. The highest BCUT2D eigenvalue weighted by molar-refractivity contribution is 9.10. The van der Waals surface area contributed by atoms with Gasteiger partial charge >= 0.3 is 11.8 Å². The molecule has 16 heavy (non-hydrogen) atoms. The third kappa shape index (κ3) is 3.34. The van der Waals surface area contributed by atoms with Gasteiger partial charge in [-0.3, -0.25) is 9.59 Å². The van der Waals surface area contributed by atoms with Gasteiger partial charge < -0.3 is 10.6 Å². The van der Waals surface area contributed by atoms with Crippen LogP contribution in [-0.2, 0) is 9.59 Å². The zero-order chi connectivity index (χ0) is 12.1. The van der Waals surface area contributed by atoms with E-state index in [1.165, 1.54) is 0 Å². The average Bonchev–Trinajstić information content (AvgIpc) is 2.22. The lowest BCUT2D eigenvalue weighted by Gasteiger charge is -2.07. The van der Waals surface area contributed by atoms with Crippen LogP contribution in [0, 0.1) is 6.92 Å². The first kappa shape index (κ1) is 12.7. The van der Waals surface area contributed by atoms with Crippen LogP contribution < -0.4 is 10.6 Å². The fraction of sp³-hybridized carbons (Fsp3) is 0.273. The van der Waals surface area contributed by atoms with Crippen molar-refractivity contribution in [1.29, 1.82) is 0 Å². The van der Waals surface area contributed by atoms with Crippen molar-refractivity contribution in [1.82, 2.24) is 5.32 Å². The number of benzene rings is 1. The van der Waals surface area contributed by atoms with Crippen molar-refractivity contribution in [2.45, 2.75) is 13.8 Å². The van der Waals surface area contributed by atoms with Gasteiger partial charge in [-0.1, -0.05) is 6.07 Å². The van der Waals surface area contributed by atoms with Gasteiger partial charge in [-0.15, -0.1) is 0 Å². The summed E-state index contributed by atoms with van der Waals surface area (Å²) in [6, 6.07) is 5.47. The second-order valence-corrected chi connectivity index (χ2v) is 4.15. The quantitative estimate of drug-likeness (QED) is 0.814. The smallest absolute Gasteiger partial charge is 0.313 e. The summed E-state index contributed by atoms with van der Waals surface area (Å²) in [5, 5.41) is 4.95. The maximum atomic E-state index is 11.4. The van der Waals surface area contributed by atoms with E-state index in [9.17, 15) is 9.59 Å². The first-order valence-corrected chi connectivity index (χ1v) is 5.69. The summed E-state index contributed by atoms with van der Waals surface area (Å²) >= 11 is 3.32. The van der Waals surface area contributed by atoms with Crippen LogP contribution in [0.4, 0.5) is 5.69 Å². The van der Waals surface area contributed by atoms with Crippen molar-refractivity contribution in [3.8, 4) is 0 Å². The molecule has 0 unspecified atom stereocenters. The maximum Gasteiger partial charge on any atom is 0.313 e. The van der Waals surface area contributed by atoms with E-state index in [1.807, 2.05) is 19.1 Å². The monoisotopic (exact) mass is 284 g/mol. The third-order valence-corrected chi connectivity index (χ3v) is 2.57. The molecule has 86 valence electrons. The predicted octanol–water partition coefficient (Wildman–Crippen LogP) is 1.83. The zero-order valence-corrected chi connectivity index (χ0v) is 10.7. The Hall–Kier alpha value is -1.36. The number of anilines is 1. The van der Waals surface area contributed by atoms with Crippen LogP contribution in [0.5, 0.6) is 0 Å². The number of nitrogens with one attached hydrogen (secondary N) is 2. The summed E-state index contributed by atoms with van der Waals surface area (Å²) < 4.78 is 0.755. The molecular weight excluding hydrogens is 272 g/mol. The second-order valence-electron chi connectivity index (χ2n) is 3.30. The van der Waals surface area contributed by atoms with Gasteiger partial charge in [-0.25, -0.2) is 0 Å². The van der Waals surface area contributed by atoms with Crippen molar-refractivity contribution < 1.29 is 9.59 Å². The van der Waals surface area contributed by atoms with Crippen molar-refractivity contribution in [2.24, 2.45) is 0 Å². The number of hydrogen-bond acceptors (Lipinski definition) is 2. The minimum atomic E-state index is -0.661. The number of carbonyl (C=O) groups is 2. The Bertz CT molecular complexity index is 418. The molecule has 0 radical (unpaired) electrons. The number of hydrogen-bond donors (Lipinski definition) is 2. The highest BCUT2D eigenvalue weighted by Crippen LogP contribution is 2.23. The Morgan fingerprint density at radius 1 is 1.31 bits per heavy atom. The van der Waals surface area contributed by atoms with Crippen LogP contribution in [0.1, 0.15) is 12.5 Å². The number of amides is 2. The SMILES string of the molecule is CCNC(=O)C(=O)Nc1ccc(C)cc1Br. The lowest BCUT2D eigenvalue weighted by Crippen LogP contribution is -2.35. The fourth-order valence-corrected chi connectivity index (χ4v) is 1.73. The summed E-state index contributed by atoms with van der Waals surface area (Å²) in [6.45, 7) is 4.13. The van der Waals surface area contributed by atoms with E-state index in [0.717, 1.165) is 10.0 Å². The summed E-state index contributed by atoms with van der Waals surface area (Å²) in [6.07, 6.45) is 0.